The maximum Gasteiger partial charge on any atom is 0.306 e. The van der Waals surface area contributed by atoms with Gasteiger partial charge in [0.1, 0.15) is 5.82 Å². The molecule has 1 unspecified atom stereocenters. The van der Waals surface area contributed by atoms with Crippen molar-refractivity contribution in [2.75, 3.05) is 11.9 Å². The van der Waals surface area contributed by atoms with E-state index in [9.17, 15) is 14.0 Å². The molecule has 2 aromatic rings. The summed E-state index contributed by atoms with van der Waals surface area (Å²) in [4.78, 5) is 23.7. The lowest BCUT2D eigenvalue weighted by Crippen LogP contribution is -2.21. The normalized spacial score (nSPS) is 11.9. The van der Waals surface area contributed by atoms with E-state index in [4.69, 9.17) is 16.3 Å². The Morgan fingerprint density at radius 3 is 2.72 bits per heavy atom. The van der Waals surface area contributed by atoms with Gasteiger partial charge in [0, 0.05) is 11.4 Å². The first-order chi connectivity index (χ1) is 11.8. The van der Waals surface area contributed by atoms with E-state index in [2.05, 4.69) is 15.5 Å². The van der Waals surface area contributed by atoms with Gasteiger partial charge in [0.15, 0.2) is 6.61 Å². The third kappa shape index (κ3) is 5.03. The van der Waals surface area contributed by atoms with Crippen molar-refractivity contribution >= 4 is 29.2 Å². The van der Waals surface area contributed by atoms with Crippen LogP contribution in [0.2, 0.25) is 5.02 Å². The van der Waals surface area contributed by atoms with Crippen LogP contribution in [0.4, 0.5) is 10.1 Å². The van der Waals surface area contributed by atoms with Crippen LogP contribution in [0.15, 0.2) is 18.2 Å². The Labute approximate surface area is 149 Å². The van der Waals surface area contributed by atoms with Crippen molar-refractivity contribution < 1.29 is 18.7 Å². The van der Waals surface area contributed by atoms with E-state index in [1.807, 2.05) is 20.8 Å². The smallest absolute Gasteiger partial charge is 0.306 e. The second kappa shape index (κ2) is 8.11. The number of ether oxygens (including phenoxy) is 1. The van der Waals surface area contributed by atoms with E-state index in [-0.39, 0.29) is 17.4 Å². The molecule has 0 aliphatic carbocycles. The highest BCUT2D eigenvalue weighted by Crippen LogP contribution is 2.24. The highest BCUT2D eigenvalue weighted by atomic mass is 35.5. The Hall–Kier alpha value is -2.41. The minimum absolute atomic E-state index is 0.0785. The average molecular weight is 368 g/mol. The zero-order valence-corrected chi connectivity index (χ0v) is 14.9. The topological polar surface area (TPSA) is 84.1 Å². The van der Waals surface area contributed by atoms with E-state index in [1.54, 1.807) is 0 Å². The van der Waals surface area contributed by atoms with Crippen LogP contribution in [0.1, 0.15) is 36.2 Å². The number of amides is 1. The molecule has 134 valence electrons. The molecule has 1 heterocycles. The Bertz CT molecular complexity index is 772. The highest BCUT2D eigenvalue weighted by Gasteiger charge is 2.19. The van der Waals surface area contributed by atoms with Gasteiger partial charge in [-0.15, -0.1) is 0 Å². The van der Waals surface area contributed by atoms with E-state index >= 15 is 0 Å². The third-order valence-corrected chi connectivity index (χ3v) is 4.01. The van der Waals surface area contributed by atoms with Crippen LogP contribution in [0, 0.1) is 19.7 Å². The lowest BCUT2D eigenvalue weighted by molar-refractivity contribution is -0.147. The third-order valence-electron chi connectivity index (χ3n) is 3.72. The molecule has 0 spiro atoms. The molecule has 6 nitrogen and oxygen atoms in total. The summed E-state index contributed by atoms with van der Waals surface area (Å²) >= 11 is 5.64. The predicted molar refractivity (Wildman–Crippen MR) is 92.1 cm³/mol. The fourth-order valence-electron chi connectivity index (χ4n) is 2.61. The molecule has 0 aliphatic rings. The second-order valence-corrected chi connectivity index (χ2v) is 6.20. The maximum atomic E-state index is 13.1. The number of aromatic nitrogens is 2. The molecule has 0 fully saturated rings. The number of rotatable bonds is 6. The Morgan fingerprint density at radius 1 is 1.40 bits per heavy atom. The molecule has 8 heteroatoms. The van der Waals surface area contributed by atoms with Gasteiger partial charge >= 0.3 is 5.97 Å². The number of carbonyl (C=O) groups excluding carboxylic acids is 2. The molecular weight excluding hydrogens is 349 g/mol. The quantitative estimate of drug-likeness (QED) is 0.765. The molecule has 1 atom stereocenters. The lowest BCUT2D eigenvalue weighted by Gasteiger charge is -2.12. The van der Waals surface area contributed by atoms with E-state index in [0.29, 0.717) is 5.69 Å². The Kier molecular flexibility index (Phi) is 6.14. The van der Waals surface area contributed by atoms with Crippen molar-refractivity contribution in [3.8, 4) is 0 Å². The largest absolute Gasteiger partial charge is 0.456 e. The van der Waals surface area contributed by atoms with Gasteiger partial charge in [0.2, 0.25) is 0 Å². The Balaban J connectivity index is 1.83. The predicted octanol–water partition coefficient (Wildman–Crippen LogP) is 3.49. The number of anilines is 1. The summed E-state index contributed by atoms with van der Waals surface area (Å²) in [6, 6.07) is 3.79. The average Bonchev–Trinajstić information content (AvgIpc) is 2.88. The van der Waals surface area contributed by atoms with Crippen LogP contribution in [0.5, 0.6) is 0 Å². The van der Waals surface area contributed by atoms with Gasteiger partial charge in [-0.3, -0.25) is 14.7 Å². The van der Waals surface area contributed by atoms with Gasteiger partial charge in [-0.05, 0) is 43.5 Å². The molecule has 1 amide bonds. The van der Waals surface area contributed by atoms with E-state index in [1.165, 1.54) is 12.1 Å². The van der Waals surface area contributed by atoms with Crippen LogP contribution in [-0.4, -0.2) is 28.7 Å². The van der Waals surface area contributed by atoms with Crippen molar-refractivity contribution in [2.24, 2.45) is 0 Å². The van der Waals surface area contributed by atoms with E-state index < -0.39 is 24.3 Å². The van der Waals surface area contributed by atoms with Crippen LogP contribution in [0.25, 0.3) is 0 Å². The summed E-state index contributed by atoms with van der Waals surface area (Å²) in [5.41, 5.74) is 3.04. The molecule has 1 aromatic heterocycles. The van der Waals surface area contributed by atoms with Crippen LogP contribution in [-0.2, 0) is 14.3 Å². The minimum atomic E-state index is -0.579. The minimum Gasteiger partial charge on any atom is -0.456 e. The van der Waals surface area contributed by atoms with Crippen molar-refractivity contribution in [2.45, 2.75) is 33.1 Å². The van der Waals surface area contributed by atoms with Gasteiger partial charge in [-0.1, -0.05) is 18.5 Å². The molecule has 0 saturated heterocycles. The first kappa shape index (κ1) is 18.9. The first-order valence-electron chi connectivity index (χ1n) is 7.70. The van der Waals surface area contributed by atoms with Gasteiger partial charge < -0.3 is 10.1 Å². The molecule has 0 saturated carbocycles. The highest BCUT2D eigenvalue weighted by molar-refractivity contribution is 6.31. The number of hydrogen-bond acceptors (Lipinski definition) is 4. The lowest BCUT2D eigenvalue weighted by atomic mass is 9.96. The van der Waals surface area contributed by atoms with Crippen molar-refractivity contribution in [3.05, 3.63) is 46.0 Å². The number of esters is 1. The maximum absolute atomic E-state index is 13.1. The molecule has 1 aromatic carbocycles. The van der Waals surface area contributed by atoms with Crippen LogP contribution < -0.4 is 5.32 Å². The van der Waals surface area contributed by atoms with Gasteiger partial charge in [0.25, 0.3) is 5.91 Å². The van der Waals surface area contributed by atoms with Crippen LogP contribution >= 0.6 is 11.6 Å². The molecule has 0 bridgehead atoms. The summed E-state index contributed by atoms with van der Waals surface area (Å²) in [6.45, 7) is 5.22. The number of aryl methyl sites for hydroxylation is 2. The first-order valence-corrected chi connectivity index (χ1v) is 8.07. The zero-order chi connectivity index (χ0) is 18.6. The number of aromatic amines is 1. The van der Waals surface area contributed by atoms with Gasteiger partial charge in [0.05, 0.1) is 17.1 Å². The molecule has 0 radical (unpaired) electrons. The number of halogens is 2. The molecule has 0 aliphatic heterocycles. The molecule has 2 N–H and O–H groups in total. The number of hydrogen-bond donors (Lipinski definition) is 2. The number of nitrogens with one attached hydrogen (secondary N) is 2. The fourth-order valence-corrected chi connectivity index (χ4v) is 2.79. The van der Waals surface area contributed by atoms with Gasteiger partial charge in [-0.25, -0.2) is 4.39 Å². The summed E-state index contributed by atoms with van der Waals surface area (Å²) in [7, 11) is 0. The van der Waals surface area contributed by atoms with Crippen molar-refractivity contribution in [1.29, 1.82) is 0 Å². The van der Waals surface area contributed by atoms with Crippen molar-refractivity contribution in [3.63, 3.8) is 0 Å². The summed E-state index contributed by atoms with van der Waals surface area (Å²) in [6.07, 6.45) is 0.136. The molecular formula is C17H19ClFN3O3. The SMILES string of the molecule is Cc1n[nH]c(C)c1C(C)CC(=O)OCC(=O)Nc1ccc(F)c(Cl)c1. The zero-order valence-electron chi connectivity index (χ0n) is 14.2. The molecule has 2 rings (SSSR count). The van der Waals surface area contributed by atoms with Gasteiger partial charge in [-0.2, -0.15) is 5.10 Å². The fraction of sp³-hybridized carbons (Fsp3) is 0.353. The van der Waals surface area contributed by atoms with Crippen molar-refractivity contribution in [1.82, 2.24) is 10.2 Å². The standard InChI is InChI=1S/C17H19ClFN3O3/c1-9(17-10(2)21-22-11(17)3)6-16(24)25-8-15(23)20-12-4-5-14(19)13(18)7-12/h4-5,7,9H,6,8H2,1-3H3,(H,20,23)(H,21,22). The second-order valence-electron chi connectivity index (χ2n) is 5.79. The number of benzene rings is 1. The number of carbonyl (C=O) groups is 2. The number of H-pyrrole nitrogens is 1. The Morgan fingerprint density at radius 2 is 2.12 bits per heavy atom. The van der Waals surface area contributed by atoms with Crippen LogP contribution in [0.3, 0.4) is 0 Å². The number of nitrogens with zero attached hydrogens (tertiary/aromatic N) is 1. The molecule has 25 heavy (non-hydrogen) atoms. The summed E-state index contributed by atoms with van der Waals surface area (Å²) < 4.78 is 18.1. The monoisotopic (exact) mass is 367 g/mol. The van der Waals surface area contributed by atoms with E-state index in [0.717, 1.165) is 23.0 Å². The summed E-state index contributed by atoms with van der Waals surface area (Å²) in [5.74, 6) is -1.67. The summed E-state index contributed by atoms with van der Waals surface area (Å²) in [5, 5.41) is 9.35.